The maximum Gasteiger partial charge on any atom is 0.329 e. The second kappa shape index (κ2) is 6.75. The SMILES string of the molecule is Cn1c(=O)n(C2CCC(=O)NC2=O)c2cccc(OCc3ccccc3)c21. The molecular weight excluding hydrogens is 346 g/mol. The van der Waals surface area contributed by atoms with Gasteiger partial charge in [0.2, 0.25) is 11.8 Å². The molecule has 2 heterocycles. The highest BCUT2D eigenvalue weighted by Crippen LogP contribution is 2.29. The first-order chi connectivity index (χ1) is 13.1. The Balaban J connectivity index is 1.75. The quantitative estimate of drug-likeness (QED) is 0.716. The van der Waals surface area contributed by atoms with Gasteiger partial charge in [0, 0.05) is 13.5 Å². The van der Waals surface area contributed by atoms with Crippen molar-refractivity contribution in [2.75, 3.05) is 0 Å². The van der Waals surface area contributed by atoms with Gasteiger partial charge in [-0.3, -0.25) is 24.0 Å². The van der Waals surface area contributed by atoms with Crippen LogP contribution in [0.4, 0.5) is 0 Å². The molecule has 2 amide bonds. The van der Waals surface area contributed by atoms with Gasteiger partial charge >= 0.3 is 5.69 Å². The van der Waals surface area contributed by atoms with Gasteiger partial charge in [-0.1, -0.05) is 36.4 Å². The van der Waals surface area contributed by atoms with Crippen molar-refractivity contribution in [3.63, 3.8) is 0 Å². The Hall–Kier alpha value is -3.35. The number of imidazole rings is 1. The number of aromatic nitrogens is 2. The average molecular weight is 365 g/mol. The lowest BCUT2D eigenvalue weighted by Gasteiger charge is -2.21. The van der Waals surface area contributed by atoms with Gasteiger partial charge in [0.15, 0.2) is 0 Å². The molecule has 1 saturated heterocycles. The van der Waals surface area contributed by atoms with E-state index in [0.717, 1.165) is 5.56 Å². The molecule has 138 valence electrons. The number of fused-ring (bicyclic) bond motifs is 1. The van der Waals surface area contributed by atoms with E-state index in [4.69, 9.17) is 4.74 Å². The molecule has 0 aliphatic carbocycles. The topological polar surface area (TPSA) is 82.3 Å². The van der Waals surface area contributed by atoms with Crippen molar-refractivity contribution in [3.05, 3.63) is 64.6 Å². The Bertz CT molecular complexity index is 1080. The summed E-state index contributed by atoms with van der Waals surface area (Å²) in [6.07, 6.45) is 0.516. The van der Waals surface area contributed by atoms with Crippen molar-refractivity contribution in [2.45, 2.75) is 25.5 Å². The normalized spacial score (nSPS) is 17.1. The molecule has 0 bridgehead atoms. The third kappa shape index (κ3) is 3.01. The summed E-state index contributed by atoms with van der Waals surface area (Å²) in [5.41, 5.74) is 1.95. The van der Waals surface area contributed by atoms with Crippen LogP contribution in [0, 0.1) is 0 Å². The molecule has 27 heavy (non-hydrogen) atoms. The second-order valence-corrected chi connectivity index (χ2v) is 6.58. The van der Waals surface area contributed by atoms with E-state index in [-0.39, 0.29) is 18.0 Å². The number of carbonyl (C=O) groups is 2. The molecule has 7 heteroatoms. The number of ether oxygens (including phenoxy) is 1. The van der Waals surface area contributed by atoms with Gasteiger partial charge in [0.05, 0.1) is 5.52 Å². The van der Waals surface area contributed by atoms with Crippen LogP contribution < -0.4 is 15.7 Å². The maximum atomic E-state index is 12.8. The van der Waals surface area contributed by atoms with E-state index in [9.17, 15) is 14.4 Å². The minimum absolute atomic E-state index is 0.212. The number of benzene rings is 2. The fourth-order valence-electron chi connectivity index (χ4n) is 3.48. The number of carbonyl (C=O) groups excluding carboxylic acids is 2. The predicted octanol–water partition coefficient (Wildman–Crippen LogP) is 1.90. The molecule has 3 aromatic rings. The lowest BCUT2D eigenvalue weighted by Crippen LogP contribution is -2.44. The van der Waals surface area contributed by atoms with Crippen LogP contribution >= 0.6 is 0 Å². The Kier molecular flexibility index (Phi) is 4.27. The molecule has 4 rings (SSSR count). The summed E-state index contributed by atoms with van der Waals surface area (Å²) < 4.78 is 8.89. The van der Waals surface area contributed by atoms with Gasteiger partial charge < -0.3 is 4.74 Å². The van der Waals surface area contributed by atoms with Crippen LogP contribution in [0.1, 0.15) is 24.4 Å². The Morgan fingerprint density at radius 1 is 1.07 bits per heavy atom. The number of hydrogen-bond donors (Lipinski definition) is 1. The van der Waals surface area contributed by atoms with Crippen molar-refractivity contribution in [3.8, 4) is 5.75 Å². The average Bonchev–Trinajstić information content (AvgIpc) is 2.93. The fraction of sp³-hybridized carbons (Fsp3) is 0.250. The highest BCUT2D eigenvalue weighted by molar-refractivity contribution is 6.00. The molecule has 0 saturated carbocycles. The molecule has 0 spiro atoms. The first kappa shape index (κ1) is 17.1. The second-order valence-electron chi connectivity index (χ2n) is 6.58. The Morgan fingerprint density at radius 3 is 2.59 bits per heavy atom. The van der Waals surface area contributed by atoms with Crippen LogP contribution in [0.25, 0.3) is 11.0 Å². The summed E-state index contributed by atoms with van der Waals surface area (Å²) in [5, 5.41) is 2.31. The number of para-hydroxylation sites is 1. The first-order valence-corrected chi connectivity index (χ1v) is 8.76. The standard InChI is InChI=1S/C20H19N3O4/c1-22-18-14(23(20(22)26)15-10-11-17(24)21-19(15)25)8-5-9-16(18)27-12-13-6-3-2-4-7-13/h2-9,15H,10-12H2,1H3,(H,21,24,25). The van der Waals surface area contributed by atoms with E-state index in [1.54, 1.807) is 25.2 Å². The molecule has 7 nitrogen and oxygen atoms in total. The number of imide groups is 1. The van der Waals surface area contributed by atoms with Crippen LogP contribution in [0.5, 0.6) is 5.75 Å². The van der Waals surface area contributed by atoms with Crippen LogP contribution in [0.3, 0.4) is 0 Å². The molecule has 1 aliphatic heterocycles. The first-order valence-electron chi connectivity index (χ1n) is 8.76. The van der Waals surface area contributed by atoms with Gasteiger partial charge in [-0.05, 0) is 24.1 Å². The van der Waals surface area contributed by atoms with E-state index in [1.807, 2.05) is 30.3 Å². The van der Waals surface area contributed by atoms with Crippen molar-refractivity contribution >= 4 is 22.8 Å². The molecule has 1 aromatic heterocycles. The summed E-state index contributed by atoms with van der Waals surface area (Å²) in [6.45, 7) is 0.373. The molecule has 0 radical (unpaired) electrons. The Labute approximate surface area is 155 Å². The third-order valence-corrected chi connectivity index (χ3v) is 4.82. The lowest BCUT2D eigenvalue weighted by molar-refractivity contribution is -0.135. The number of aryl methyl sites for hydroxylation is 1. The highest BCUT2D eigenvalue weighted by atomic mass is 16.5. The van der Waals surface area contributed by atoms with Crippen LogP contribution in [-0.2, 0) is 23.2 Å². The summed E-state index contributed by atoms with van der Waals surface area (Å²) in [6, 6.07) is 14.4. The zero-order valence-electron chi connectivity index (χ0n) is 14.8. The van der Waals surface area contributed by atoms with Crippen LogP contribution in [-0.4, -0.2) is 20.9 Å². The minimum atomic E-state index is -0.705. The van der Waals surface area contributed by atoms with Crippen LogP contribution in [0.15, 0.2) is 53.3 Å². The molecule has 1 fully saturated rings. The van der Waals surface area contributed by atoms with Crippen LogP contribution in [0.2, 0.25) is 0 Å². The van der Waals surface area contributed by atoms with E-state index < -0.39 is 11.9 Å². The number of amides is 2. The zero-order chi connectivity index (χ0) is 19.0. The van der Waals surface area contributed by atoms with E-state index in [0.29, 0.717) is 29.8 Å². The Morgan fingerprint density at radius 2 is 1.85 bits per heavy atom. The van der Waals surface area contributed by atoms with E-state index in [2.05, 4.69) is 5.32 Å². The maximum absolute atomic E-state index is 12.8. The van der Waals surface area contributed by atoms with Crippen molar-refractivity contribution in [1.82, 2.24) is 14.5 Å². The molecule has 1 N–H and O–H groups in total. The fourth-order valence-corrected chi connectivity index (χ4v) is 3.48. The molecule has 1 aliphatic rings. The van der Waals surface area contributed by atoms with Gasteiger partial charge in [0.1, 0.15) is 23.9 Å². The van der Waals surface area contributed by atoms with Crippen molar-refractivity contribution < 1.29 is 14.3 Å². The highest BCUT2D eigenvalue weighted by Gasteiger charge is 2.31. The number of hydrogen-bond acceptors (Lipinski definition) is 4. The van der Waals surface area contributed by atoms with Crippen molar-refractivity contribution in [1.29, 1.82) is 0 Å². The largest absolute Gasteiger partial charge is 0.487 e. The van der Waals surface area contributed by atoms with Gasteiger partial charge in [-0.2, -0.15) is 0 Å². The smallest absolute Gasteiger partial charge is 0.329 e. The minimum Gasteiger partial charge on any atom is -0.487 e. The van der Waals surface area contributed by atoms with Crippen molar-refractivity contribution in [2.24, 2.45) is 7.05 Å². The summed E-state index contributed by atoms with van der Waals surface area (Å²) >= 11 is 0. The lowest BCUT2D eigenvalue weighted by atomic mass is 10.1. The number of rotatable bonds is 4. The predicted molar refractivity (Wildman–Crippen MR) is 99.4 cm³/mol. The van der Waals surface area contributed by atoms with E-state index >= 15 is 0 Å². The number of piperidine rings is 1. The monoisotopic (exact) mass is 365 g/mol. The number of nitrogens with zero attached hydrogens (tertiary/aromatic N) is 2. The molecular formula is C20H19N3O4. The number of nitrogens with one attached hydrogen (secondary N) is 1. The summed E-state index contributed by atoms with van der Waals surface area (Å²) in [4.78, 5) is 36.6. The summed E-state index contributed by atoms with van der Waals surface area (Å²) in [5.74, 6) is -0.185. The van der Waals surface area contributed by atoms with Gasteiger partial charge in [-0.25, -0.2) is 4.79 Å². The van der Waals surface area contributed by atoms with Gasteiger partial charge in [-0.15, -0.1) is 0 Å². The molecule has 1 unspecified atom stereocenters. The molecule has 2 aromatic carbocycles. The molecule has 1 atom stereocenters. The van der Waals surface area contributed by atoms with Gasteiger partial charge in [0.25, 0.3) is 0 Å². The third-order valence-electron chi connectivity index (χ3n) is 4.82. The summed E-state index contributed by atoms with van der Waals surface area (Å²) in [7, 11) is 1.66. The van der Waals surface area contributed by atoms with E-state index in [1.165, 1.54) is 9.13 Å². The zero-order valence-corrected chi connectivity index (χ0v) is 14.8.